The molecule has 110 valence electrons. The van der Waals surface area contributed by atoms with Crippen molar-refractivity contribution in [3.8, 4) is 0 Å². The van der Waals surface area contributed by atoms with Crippen LogP contribution in [0.15, 0.2) is 34.0 Å². The van der Waals surface area contributed by atoms with E-state index in [1.807, 2.05) is 0 Å². The lowest BCUT2D eigenvalue weighted by atomic mass is 10.1. The van der Waals surface area contributed by atoms with Crippen molar-refractivity contribution in [2.24, 2.45) is 7.05 Å². The minimum absolute atomic E-state index is 0.0637. The Balaban J connectivity index is 2.60. The van der Waals surface area contributed by atoms with Crippen molar-refractivity contribution < 1.29 is 9.18 Å². The van der Waals surface area contributed by atoms with Gasteiger partial charge in [0.2, 0.25) is 0 Å². The van der Waals surface area contributed by atoms with Crippen molar-refractivity contribution in [1.82, 2.24) is 9.13 Å². The van der Waals surface area contributed by atoms with Gasteiger partial charge in [0, 0.05) is 13.2 Å². The van der Waals surface area contributed by atoms with Crippen LogP contribution in [0, 0.1) is 12.7 Å². The van der Waals surface area contributed by atoms with Crippen LogP contribution in [0.1, 0.15) is 28.4 Å². The summed E-state index contributed by atoms with van der Waals surface area (Å²) in [6.45, 7) is 3.16. The molecule has 1 aromatic heterocycles. The summed E-state index contributed by atoms with van der Waals surface area (Å²) in [5.74, 6) is -0.819. The van der Waals surface area contributed by atoms with E-state index < -0.39 is 22.8 Å². The van der Waals surface area contributed by atoms with Crippen LogP contribution in [-0.4, -0.2) is 14.9 Å². The molecule has 6 heteroatoms. The monoisotopic (exact) mass is 290 g/mol. The van der Waals surface area contributed by atoms with E-state index in [1.165, 1.54) is 36.9 Å². The minimum atomic E-state index is -0.625. The third-order valence-electron chi connectivity index (χ3n) is 3.38. The van der Waals surface area contributed by atoms with E-state index in [9.17, 15) is 18.8 Å². The Morgan fingerprint density at radius 2 is 1.95 bits per heavy atom. The minimum Gasteiger partial charge on any atom is -0.295 e. The maximum absolute atomic E-state index is 13.3. The molecular weight excluding hydrogens is 275 g/mol. The molecule has 5 nitrogen and oxygen atoms in total. The van der Waals surface area contributed by atoms with Crippen LogP contribution in [0.4, 0.5) is 4.39 Å². The average molecular weight is 290 g/mol. The third kappa shape index (κ3) is 2.84. The van der Waals surface area contributed by atoms with E-state index in [1.54, 1.807) is 13.0 Å². The Labute approximate surface area is 120 Å². The lowest BCUT2D eigenvalue weighted by Crippen LogP contribution is -2.40. The first-order chi connectivity index (χ1) is 9.81. The number of rotatable bonds is 3. The molecule has 1 heterocycles. The molecule has 0 atom stereocenters. The fourth-order valence-electron chi connectivity index (χ4n) is 2.08. The fourth-order valence-corrected chi connectivity index (χ4v) is 2.08. The Hall–Kier alpha value is -2.50. The van der Waals surface area contributed by atoms with Crippen molar-refractivity contribution >= 4 is 5.78 Å². The molecule has 0 bridgehead atoms. The summed E-state index contributed by atoms with van der Waals surface area (Å²) in [5, 5.41) is 0. The molecule has 0 aliphatic heterocycles. The molecule has 2 aromatic rings. The van der Waals surface area contributed by atoms with Crippen LogP contribution in [0.3, 0.4) is 0 Å². The molecule has 0 amide bonds. The molecule has 0 spiro atoms. The van der Waals surface area contributed by atoms with E-state index in [0.717, 1.165) is 10.1 Å². The highest BCUT2D eigenvalue weighted by molar-refractivity contribution is 5.93. The van der Waals surface area contributed by atoms with Crippen molar-refractivity contribution in [3.63, 3.8) is 0 Å². The predicted octanol–water partition coefficient (Wildman–Crippen LogP) is 1.25. The van der Waals surface area contributed by atoms with Gasteiger partial charge in [0.05, 0.1) is 12.1 Å². The number of Topliss-reactive ketones (excluding diaryl/α,β-unsaturated/α-hetero) is 1. The molecule has 0 aliphatic carbocycles. The van der Waals surface area contributed by atoms with Gasteiger partial charge in [-0.2, -0.15) is 0 Å². The molecule has 0 saturated heterocycles. The normalized spacial score (nSPS) is 10.7. The zero-order chi connectivity index (χ0) is 15.7. The summed E-state index contributed by atoms with van der Waals surface area (Å²) in [5.41, 5.74) is 0.200. The molecule has 0 fully saturated rings. The Morgan fingerprint density at radius 1 is 1.29 bits per heavy atom. The van der Waals surface area contributed by atoms with Crippen LogP contribution in [0.5, 0.6) is 0 Å². The summed E-state index contributed by atoms with van der Waals surface area (Å²) >= 11 is 0. The predicted molar refractivity (Wildman–Crippen MR) is 76.2 cm³/mol. The van der Waals surface area contributed by atoms with E-state index in [4.69, 9.17) is 0 Å². The number of carbonyl (C=O) groups excluding carboxylic acids is 1. The molecule has 2 rings (SSSR count). The second kappa shape index (κ2) is 5.47. The molecule has 1 aromatic carbocycles. The van der Waals surface area contributed by atoms with Gasteiger partial charge in [0.25, 0.3) is 5.56 Å². The fraction of sp³-hybridized carbons (Fsp3) is 0.267. The maximum Gasteiger partial charge on any atom is 0.331 e. The number of halogens is 1. The van der Waals surface area contributed by atoms with E-state index >= 15 is 0 Å². The number of aryl methyl sites for hydroxylation is 1. The molecule has 0 saturated carbocycles. The number of aromatic nitrogens is 2. The van der Waals surface area contributed by atoms with Gasteiger partial charge in [-0.1, -0.05) is 6.07 Å². The highest BCUT2D eigenvalue weighted by Gasteiger charge is 2.13. The molecule has 0 N–H and O–H groups in total. The van der Waals surface area contributed by atoms with Crippen LogP contribution in [-0.2, 0) is 13.6 Å². The standard InChI is InChI=1S/C15H15FN2O3/c1-9-4-5-12(16)6-11(9)7-18-8-13(10(2)19)14(20)17(3)15(18)21/h4-6,8H,7H2,1-3H3. The second-order valence-electron chi connectivity index (χ2n) is 4.94. The quantitative estimate of drug-likeness (QED) is 0.799. The zero-order valence-corrected chi connectivity index (χ0v) is 12.0. The van der Waals surface area contributed by atoms with Crippen molar-refractivity contribution in [2.75, 3.05) is 0 Å². The summed E-state index contributed by atoms with van der Waals surface area (Å²) in [4.78, 5) is 35.4. The summed E-state index contributed by atoms with van der Waals surface area (Å²) in [6, 6.07) is 4.28. The van der Waals surface area contributed by atoms with Crippen LogP contribution < -0.4 is 11.2 Å². The van der Waals surface area contributed by atoms with E-state index in [0.29, 0.717) is 5.56 Å². The number of ketones is 1. The second-order valence-corrected chi connectivity index (χ2v) is 4.94. The maximum atomic E-state index is 13.3. The third-order valence-corrected chi connectivity index (χ3v) is 3.38. The molecular formula is C15H15FN2O3. The number of nitrogens with zero attached hydrogens (tertiary/aromatic N) is 2. The van der Waals surface area contributed by atoms with Crippen molar-refractivity contribution in [1.29, 1.82) is 0 Å². The number of hydrogen-bond donors (Lipinski definition) is 0. The van der Waals surface area contributed by atoms with Crippen LogP contribution in [0.25, 0.3) is 0 Å². The molecule has 21 heavy (non-hydrogen) atoms. The Kier molecular flexibility index (Phi) is 3.88. The molecule has 0 unspecified atom stereocenters. The first-order valence-electron chi connectivity index (χ1n) is 6.37. The van der Waals surface area contributed by atoms with E-state index in [2.05, 4.69) is 0 Å². The first-order valence-corrected chi connectivity index (χ1v) is 6.37. The zero-order valence-electron chi connectivity index (χ0n) is 12.0. The lowest BCUT2D eigenvalue weighted by Gasteiger charge is -2.11. The first kappa shape index (κ1) is 14.9. The summed E-state index contributed by atoms with van der Waals surface area (Å²) in [6.07, 6.45) is 1.23. The van der Waals surface area contributed by atoms with Gasteiger partial charge < -0.3 is 0 Å². The SMILES string of the molecule is CC(=O)c1cn(Cc2cc(F)ccc2C)c(=O)n(C)c1=O. The van der Waals surface area contributed by atoms with Gasteiger partial charge >= 0.3 is 5.69 Å². The summed E-state index contributed by atoms with van der Waals surface area (Å²) in [7, 11) is 1.31. The molecule has 0 aliphatic rings. The number of benzene rings is 1. The Morgan fingerprint density at radius 3 is 2.57 bits per heavy atom. The number of hydrogen-bond acceptors (Lipinski definition) is 3. The highest BCUT2D eigenvalue weighted by Crippen LogP contribution is 2.11. The van der Waals surface area contributed by atoms with E-state index in [-0.39, 0.29) is 12.1 Å². The van der Waals surface area contributed by atoms with Gasteiger partial charge in [-0.15, -0.1) is 0 Å². The number of carbonyl (C=O) groups is 1. The molecule has 0 radical (unpaired) electrons. The average Bonchev–Trinajstić information content (AvgIpc) is 2.43. The largest absolute Gasteiger partial charge is 0.331 e. The van der Waals surface area contributed by atoms with Crippen LogP contribution in [0.2, 0.25) is 0 Å². The Bertz CT molecular complexity index is 834. The summed E-state index contributed by atoms with van der Waals surface area (Å²) < 4.78 is 15.4. The lowest BCUT2D eigenvalue weighted by molar-refractivity contribution is 0.101. The van der Waals surface area contributed by atoms with Gasteiger partial charge in [0.15, 0.2) is 5.78 Å². The van der Waals surface area contributed by atoms with Crippen molar-refractivity contribution in [3.05, 3.63) is 67.7 Å². The topological polar surface area (TPSA) is 61.1 Å². The smallest absolute Gasteiger partial charge is 0.295 e. The van der Waals surface area contributed by atoms with Gasteiger partial charge in [-0.05, 0) is 37.1 Å². The highest BCUT2D eigenvalue weighted by atomic mass is 19.1. The van der Waals surface area contributed by atoms with Crippen molar-refractivity contribution in [2.45, 2.75) is 20.4 Å². The van der Waals surface area contributed by atoms with Gasteiger partial charge in [-0.3, -0.25) is 18.7 Å². The van der Waals surface area contributed by atoms with Gasteiger partial charge in [-0.25, -0.2) is 9.18 Å². The van der Waals surface area contributed by atoms with Crippen LogP contribution >= 0.6 is 0 Å². The van der Waals surface area contributed by atoms with Gasteiger partial charge in [0.1, 0.15) is 5.82 Å².